The molecule has 0 aromatic heterocycles. The van der Waals surface area contributed by atoms with Gasteiger partial charge in [-0.25, -0.2) is 0 Å². The van der Waals surface area contributed by atoms with Crippen molar-refractivity contribution in [2.24, 2.45) is 5.16 Å². The number of rotatable bonds is 7. The van der Waals surface area contributed by atoms with Crippen molar-refractivity contribution in [3.8, 4) is 0 Å². The number of ether oxygens (including phenoxy) is 1. The molecule has 2 rings (SSSR count). The van der Waals surface area contributed by atoms with Gasteiger partial charge in [0.2, 0.25) is 0 Å². The first-order chi connectivity index (χ1) is 13.1. The van der Waals surface area contributed by atoms with E-state index in [0.717, 1.165) is 0 Å². The Morgan fingerprint density at radius 2 is 1.83 bits per heavy atom. The molecule has 0 unspecified atom stereocenters. The van der Waals surface area contributed by atoms with Crippen LogP contribution in [0.4, 0.5) is 0 Å². The van der Waals surface area contributed by atoms with Crippen molar-refractivity contribution in [3.63, 3.8) is 0 Å². The van der Waals surface area contributed by atoms with Gasteiger partial charge in [-0.1, -0.05) is 47.2 Å². The van der Waals surface area contributed by atoms with Gasteiger partial charge in [-0.15, -0.1) is 0 Å². The molecule has 1 aliphatic rings. The summed E-state index contributed by atoms with van der Waals surface area (Å²) < 4.78 is 41.3. The minimum atomic E-state index is -5.17. The molecule has 1 fully saturated rings. The Bertz CT molecular complexity index is 764. The van der Waals surface area contributed by atoms with Crippen molar-refractivity contribution < 1.29 is 98.9 Å². The largest absolute Gasteiger partial charge is 1.00 e. The van der Waals surface area contributed by atoms with Crippen LogP contribution in [0.25, 0.3) is 0 Å². The second-order valence-electron chi connectivity index (χ2n) is 5.91. The van der Waals surface area contributed by atoms with E-state index in [2.05, 4.69) is 9.44 Å². The first-order valence-corrected chi connectivity index (χ1v) is 10.2. The molecule has 14 heteroatoms. The summed E-state index contributed by atoms with van der Waals surface area (Å²) >= 11 is 0.570. The fraction of sp³-hybridized carbons (Fsp3) is 0.533. The van der Waals surface area contributed by atoms with Crippen LogP contribution >= 0.6 is 11.8 Å². The van der Waals surface area contributed by atoms with Crippen LogP contribution in [0.15, 0.2) is 35.5 Å². The van der Waals surface area contributed by atoms with Gasteiger partial charge in [-0.2, -0.15) is 8.42 Å². The molecular formula is C15H20KNO10S2. The number of aliphatic hydroxyl groups is 5. The summed E-state index contributed by atoms with van der Waals surface area (Å²) in [5, 5.41) is 52.2. The van der Waals surface area contributed by atoms with E-state index in [1.165, 1.54) is 0 Å². The minimum Gasteiger partial charge on any atom is -0.714 e. The van der Waals surface area contributed by atoms with Gasteiger partial charge in [-0.05, 0) is 5.56 Å². The molecule has 29 heavy (non-hydrogen) atoms. The molecule has 11 nitrogen and oxygen atoms in total. The topological polar surface area (TPSA) is 189 Å². The molecule has 6 atom stereocenters. The second-order valence-corrected chi connectivity index (χ2v) is 8.05. The van der Waals surface area contributed by atoms with Gasteiger partial charge >= 0.3 is 51.4 Å². The van der Waals surface area contributed by atoms with Crippen molar-refractivity contribution >= 4 is 27.2 Å². The molecule has 0 radical (unpaired) electrons. The zero-order valence-electron chi connectivity index (χ0n) is 15.3. The number of oxime groups is 1. The Hall–Kier alpha value is 0.346. The van der Waals surface area contributed by atoms with E-state index in [1.807, 2.05) is 0 Å². The summed E-state index contributed by atoms with van der Waals surface area (Å²) in [7, 11) is -5.17. The first-order valence-electron chi connectivity index (χ1n) is 8.04. The molecule has 1 saturated heterocycles. The van der Waals surface area contributed by atoms with Crippen LogP contribution in [-0.2, 0) is 19.4 Å². The SMILES string of the molecule is O=S(=O)([O-])O/N=C(/C[C@@H](O)c1ccccc1)S[C@@H]1O[C@H](CO)[C@@H](O)[C@H](O)[C@H]1O.[K+]. The van der Waals surface area contributed by atoms with Gasteiger partial charge in [0.05, 0.1) is 12.7 Å². The molecule has 158 valence electrons. The average molecular weight is 478 g/mol. The third-order valence-electron chi connectivity index (χ3n) is 3.88. The summed E-state index contributed by atoms with van der Waals surface area (Å²) in [6.45, 7) is -0.660. The summed E-state index contributed by atoms with van der Waals surface area (Å²) in [5.41, 5.74) is -0.829. The van der Waals surface area contributed by atoms with E-state index in [4.69, 9.17) is 4.74 Å². The van der Waals surface area contributed by atoms with Crippen molar-refractivity contribution in [1.29, 1.82) is 0 Å². The summed E-state index contributed by atoms with van der Waals surface area (Å²) in [5.74, 6) is 0. The molecule has 0 saturated carbocycles. The van der Waals surface area contributed by atoms with Crippen molar-refractivity contribution in [2.75, 3.05) is 6.61 Å². The number of hydrogen-bond donors (Lipinski definition) is 5. The summed E-state index contributed by atoms with van der Waals surface area (Å²) in [4.78, 5) is 0. The first kappa shape index (κ1) is 27.4. The maximum Gasteiger partial charge on any atom is 1.00 e. The molecule has 1 aliphatic heterocycles. The zero-order chi connectivity index (χ0) is 20.9. The van der Waals surface area contributed by atoms with E-state index < -0.39 is 53.0 Å². The van der Waals surface area contributed by atoms with Crippen LogP contribution in [-0.4, -0.2) is 80.0 Å². The second kappa shape index (κ2) is 12.4. The molecule has 5 N–H and O–H groups in total. The summed E-state index contributed by atoms with van der Waals surface area (Å²) in [6, 6.07) is 8.26. The van der Waals surface area contributed by atoms with Crippen LogP contribution in [0.3, 0.4) is 0 Å². The van der Waals surface area contributed by atoms with Gasteiger partial charge < -0.3 is 34.8 Å². The molecule has 0 amide bonds. The molecule has 0 aliphatic carbocycles. The molecule has 1 aromatic rings. The summed E-state index contributed by atoms with van der Waals surface area (Å²) in [6.07, 6.45) is -7.53. The maximum atomic E-state index is 10.7. The Labute approximate surface area is 214 Å². The monoisotopic (exact) mass is 477 g/mol. The van der Waals surface area contributed by atoms with Crippen LogP contribution in [0.5, 0.6) is 0 Å². The van der Waals surface area contributed by atoms with E-state index in [-0.39, 0.29) is 62.8 Å². The average Bonchev–Trinajstić information content (AvgIpc) is 2.66. The van der Waals surface area contributed by atoms with Gasteiger partial charge in [0.25, 0.3) is 10.4 Å². The van der Waals surface area contributed by atoms with Crippen molar-refractivity contribution in [1.82, 2.24) is 0 Å². The van der Waals surface area contributed by atoms with Crippen LogP contribution in [0.1, 0.15) is 18.1 Å². The van der Waals surface area contributed by atoms with Crippen molar-refractivity contribution in [3.05, 3.63) is 35.9 Å². The van der Waals surface area contributed by atoms with E-state index in [9.17, 15) is 38.5 Å². The molecular weight excluding hydrogens is 457 g/mol. The Kier molecular flexibility index (Phi) is 11.7. The van der Waals surface area contributed by atoms with Crippen LogP contribution in [0, 0.1) is 0 Å². The predicted molar refractivity (Wildman–Crippen MR) is 95.6 cm³/mol. The fourth-order valence-electron chi connectivity index (χ4n) is 2.45. The Morgan fingerprint density at radius 3 is 2.38 bits per heavy atom. The number of hydrogen-bond acceptors (Lipinski definition) is 12. The Balaban J connectivity index is 0.00000420. The van der Waals surface area contributed by atoms with Gasteiger partial charge in [0.15, 0.2) is 0 Å². The van der Waals surface area contributed by atoms with Crippen molar-refractivity contribution in [2.45, 2.75) is 42.4 Å². The molecule has 0 bridgehead atoms. The number of nitrogens with zero attached hydrogens (tertiary/aromatic N) is 1. The predicted octanol–water partition coefficient (Wildman–Crippen LogP) is -4.56. The number of benzene rings is 1. The van der Waals surface area contributed by atoms with Gasteiger partial charge in [0, 0.05) is 6.42 Å². The smallest absolute Gasteiger partial charge is 0.714 e. The van der Waals surface area contributed by atoms with Crippen LogP contribution in [0.2, 0.25) is 0 Å². The normalized spacial score (nSPS) is 29.0. The quantitative estimate of drug-likeness (QED) is 0.0635. The maximum absolute atomic E-state index is 10.7. The molecule has 1 heterocycles. The Morgan fingerprint density at radius 1 is 1.21 bits per heavy atom. The number of aliphatic hydroxyl groups excluding tert-OH is 5. The zero-order valence-corrected chi connectivity index (χ0v) is 20.1. The third-order valence-corrected chi connectivity index (χ3v) is 5.28. The van der Waals surface area contributed by atoms with Crippen LogP contribution < -0.4 is 51.4 Å². The standard InChI is InChI=1S/C15H21NO10S2.K/c17-7-10-12(19)13(20)14(21)15(25-10)27-11(16-26-28(22,23)24)6-9(18)8-4-2-1-3-5-8;/h1-5,9-10,12-15,17-21H,6-7H2,(H,22,23,24);/q;+1/p-1/b16-11-;/t9-,10-,12-,13+,14-,15+;/m1./s1. The number of thioether (sulfide) groups is 1. The third kappa shape index (κ3) is 8.42. The van der Waals surface area contributed by atoms with E-state index in [0.29, 0.717) is 17.3 Å². The molecule has 0 spiro atoms. The fourth-order valence-corrected chi connectivity index (χ4v) is 3.78. The minimum absolute atomic E-state index is 0. The van der Waals surface area contributed by atoms with Gasteiger partial charge in [-0.3, -0.25) is 4.28 Å². The van der Waals surface area contributed by atoms with E-state index >= 15 is 0 Å². The molecule has 1 aromatic carbocycles. The van der Waals surface area contributed by atoms with Gasteiger partial charge in [0.1, 0.15) is 34.9 Å². The van der Waals surface area contributed by atoms with E-state index in [1.54, 1.807) is 30.3 Å².